The Morgan fingerprint density at radius 2 is 0.988 bits per heavy atom. The van der Waals surface area contributed by atoms with Gasteiger partial charge in [0.25, 0.3) is 0 Å². The number of alkyl halides is 2. The lowest BCUT2D eigenvalue weighted by molar-refractivity contribution is -0.597. The molecule has 440 valence electrons. The zero-order valence-electron chi connectivity index (χ0n) is 48.1. The van der Waals surface area contributed by atoms with Crippen LogP contribution in [0.1, 0.15) is 58.4 Å². The van der Waals surface area contributed by atoms with Crippen LogP contribution in [0.15, 0.2) is 134 Å². The number of nitrogens with two attached hydrogens (primary N) is 1. The van der Waals surface area contributed by atoms with Crippen LogP contribution in [0.5, 0.6) is 0 Å². The van der Waals surface area contributed by atoms with E-state index in [9.17, 15) is 0 Å². The molecule has 4 unspecified atom stereocenters. The highest BCUT2D eigenvalue weighted by Crippen LogP contribution is 2.42. The number of terminal acetylenes is 3. The summed E-state index contributed by atoms with van der Waals surface area (Å²) < 4.78 is 12.9. The van der Waals surface area contributed by atoms with E-state index in [2.05, 4.69) is 198 Å². The number of thioether (sulfide) groups is 2. The number of nitrogens with one attached hydrogen (secondary N) is 1. The molecule has 0 saturated carbocycles. The highest BCUT2D eigenvalue weighted by atomic mass is 127. The first-order valence-electron chi connectivity index (χ1n) is 25.8. The maximum absolute atomic E-state index is 5.52. The Morgan fingerprint density at radius 1 is 0.617 bits per heavy atom. The van der Waals surface area contributed by atoms with Gasteiger partial charge >= 0.3 is 0 Å². The van der Waals surface area contributed by atoms with Gasteiger partial charge in [-0.3, -0.25) is 9.80 Å². The Kier molecular flexibility index (Phi) is 47.1. The SMILES string of the molecule is C#CCN(C)C(C)CCI.C#CCN(C)C(C)CCSc1ssc(=S)c1-c1ccccc1.C#CCNC(C)CCSc1ssc(=S)c1-c1ccccc1.CC(CBr)c1ccccc1.C[NH2+]C.Cl.S=c1ssc([S-])c1-c1ccccc1.[2H]Cl. The van der Waals surface area contributed by atoms with Crippen LogP contribution < -0.4 is 10.6 Å². The fourth-order valence-electron chi connectivity index (χ4n) is 6.50. The quantitative estimate of drug-likeness (QED) is 0.0139. The van der Waals surface area contributed by atoms with Crippen molar-refractivity contribution in [3.8, 4) is 70.4 Å². The molecule has 4 nitrogen and oxygen atoms in total. The summed E-state index contributed by atoms with van der Waals surface area (Å²) in [6.45, 7) is 10.9. The number of quaternary nitrogens is 1. The summed E-state index contributed by atoms with van der Waals surface area (Å²) in [4.78, 5) is 4.41. The molecule has 4 atom stereocenters. The summed E-state index contributed by atoms with van der Waals surface area (Å²) in [6, 6.07) is 43.0. The lowest BCUT2D eigenvalue weighted by atomic mass is 10.0. The van der Waals surface area contributed by atoms with Crippen LogP contribution in [0.3, 0.4) is 0 Å². The van der Waals surface area contributed by atoms with Gasteiger partial charge in [-0.2, -0.15) is 10.3 Å². The van der Waals surface area contributed by atoms with Crippen molar-refractivity contribution in [3.63, 3.8) is 0 Å². The van der Waals surface area contributed by atoms with Gasteiger partial charge < -0.3 is 33.6 Å². The Labute approximate surface area is 574 Å². The van der Waals surface area contributed by atoms with Gasteiger partial charge in [0.05, 0.1) is 46.0 Å². The van der Waals surface area contributed by atoms with Crippen LogP contribution in [0.2, 0.25) is 0 Å². The zero-order valence-corrected chi connectivity index (χ0v) is 62.2. The standard InChI is InChI=1S/C17H19NS4.C16H17NS4.C9H11Br.C9H6S4.C8H14IN.C2H7N.2ClH/c1-4-11-18(3)13(2)10-12-20-17-15(16(19)21-22-17)14-8-6-5-7-9-14;1-3-10-17-12(2)9-11-19-16-14(15(18)20-21-16)13-7-5-4-6-8-13;1-8(7-10)9-5-3-2-4-6-9;10-8-7(9(11)13-12-8)6-4-2-1-3-5-6;1-4-7-10(3)8(2)5-6-9;1-3-2;;/h1,5-9,13H,10-12H2,2-3H3;1,4-8,12,17H,9-11H2,2H3;2-6,8H,7H2,1H3;1-5,10H;1,8H,5-7H2,2-3H3;3H,1-2H3;2*1H/i/hD. The highest BCUT2D eigenvalue weighted by Gasteiger charge is 2.15. The average Bonchev–Trinajstić information content (AvgIpc) is 4.21. The molecule has 81 heavy (non-hydrogen) atoms. The molecule has 0 aliphatic heterocycles. The molecule has 0 spiro atoms. The molecule has 3 heterocycles. The maximum Gasteiger partial charge on any atom is 0.147 e. The van der Waals surface area contributed by atoms with Crippen LogP contribution in [-0.2, 0) is 12.6 Å². The molecule has 3 N–H and O–H groups in total. The second-order valence-electron chi connectivity index (χ2n) is 17.7. The van der Waals surface area contributed by atoms with Crippen LogP contribution in [-0.4, -0.2) is 98.2 Å². The van der Waals surface area contributed by atoms with Crippen molar-refractivity contribution in [1.82, 2.24) is 15.1 Å². The van der Waals surface area contributed by atoms with Crippen molar-refractivity contribution in [2.24, 2.45) is 0 Å². The lowest BCUT2D eigenvalue weighted by Gasteiger charge is -2.21. The van der Waals surface area contributed by atoms with E-state index in [0.717, 1.165) is 63.0 Å². The molecule has 0 bridgehead atoms. The van der Waals surface area contributed by atoms with Crippen molar-refractivity contribution >= 4 is 198 Å². The van der Waals surface area contributed by atoms with E-state index >= 15 is 0 Å². The summed E-state index contributed by atoms with van der Waals surface area (Å²) in [7, 11) is 18.3. The molecule has 0 amide bonds. The topological polar surface area (TPSA) is 35.1 Å². The van der Waals surface area contributed by atoms with Crippen LogP contribution >= 0.6 is 185 Å². The number of halogens is 4. The molecule has 0 saturated heterocycles. The fraction of sp³-hybridized carbons (Fsp3) is 0.361. The first kappa shape index (κ1) is 77.9. The van der Waals surface area contributed by atoms with Crippen molar-refractivity contribution in [2.75, 3.05) is 69.1 Å². The number of benzene rings is 4. The van der Waals surface area contributed by atoms with E-state index < -0.39 is 0 Å². The first-order chi connectivity index (χ1) is 39.1. The predicted molar refractivity (Wildman–Crippen MR) is 400 cm³/mol. The van der Waals surface area contributed by atoms with E-state index in [-0.39, 0.29) is 12.4 Å². The smallest absolute Gasteiger partial charge is 0.147 e. The minimum absolute atomic E-state index is 0. The average molecular weight is 1530 g/mol. The Hall–Kier alpha value is -1.08. The Bertz CT molecular complexity index is 3010. The number of hydrogen-bond donors (Lipinski definition) is 2. The third kappa shape index (κ3) is 31.9. The van der Waals surface area contributed by atoms with Crippen molar-refractivity contribution < 1.29 is 5.32 Å². The third-order valence-corrected chi connectivity index (χ3v) is 25.9. The summed E-state index contributed by atoms with van der Waals surface area (Å²) >= 11 is 35.0. The first-order valence-corrected chi connectivity index (χ1v) is 38.2. The maximum atomic E-state index is 5.52. The monoisotopic (exact) mass is 1530 g/mol. The number of nitrogens with zero attached hydrogens (tertiary/aromatic N) is 2. The molecule has 0 aliphatic carbocycles. The van der Waals surface area contributed by atoms with E-state index in [1.54, 1.807) is 62.0 Å². The summed E-state index contributed by atoms with van der Waals surface area (Å²) in [6.07, 6.45) is 19.2. The normalized spacial score (nSPS) is 11.6. The van der Waals surface area contributed by atoms with Gasteiger partial charge in [0, 0.05) is 50.5 Å². The molecule has 20 heteroatoms. The lowest BCUT2D eigenvalue weighted by Crippen LogP contribution is -2.74. The molecule has 0 aliphatic rings. The van der Waals surface area contributed by atoms with Gasteiger partial charge in [-0.25, -0.2) is 0 Å². The molecule has 0 radical (unpaired) electrons. The summed E-state index contributed by atoms with van der Waals surface area (Å²) in [5, 5.41) is 6.34. The highest BCUT2D eigenvalue weighted by molar-refractivity contribution is 14.1. The van der Waals surface area contributed by atoms with E-state index in [4.69, 9.17) is 69.7 Å². The second kappa shape index (κ2) is 49.0. The number of hydrogen-bond acceptors (Lipinski definition) is 15. The minimum Gasteiger partial charge on any atom is -0.427 e. The van der Waals surface area contributed by atoms with E-state index in [1.165, 1.54) is 47.1 Å². The summed E-state index contributed by atoms with van der Waals surface area (Å²) in [5.74, 6) is 10.7. The van der Waals surface area contributed by atoms with Crippen molar-refractivity contribution in [3.05, 3.63) is 138 Å². The fourth-order valence-corrected chi connectivity index (χ4v) is 20.2. The van der Waals surface area contributed by atoms with Gasteiger partial charge in [-0.05, 0) is 87.9 Å². The molecular formula is C61H76BrCl2IN4S12. The second-order valence-corrected chi connectivity index (χ2v) is 31.2. The summed E-state index contributed by atoms with van der Waals surface area (Å²) in [5.41, 5.74) is 8.51. The minimum atomic E-state index is 0. The van der Waals surface area contributed by atoms with Gasteiger partial charge in [-0.1, -0.05) is 263 Å². The van der Waals surface area contributed by atoms with Crippen LogP contribution in [0.25, 0.3) is 33.4 Å². The van der Waals surface area contributed by atoms with Gasteiger partial charge in [0.2, 0.25) is 0 Å². The zero-order chi connectivity index (χ0) is 60.4. The Balaban J connectivity index is 0.00000101. The molecule has 7 aromatic rings. The van der Waals surface area contributed by atoms with Gasteiger partial charge in [0.15, 0.2) is 0 Å². The number of rotatable bonds is 21. The Morgan fingerprint density at radius 3 is 1.36 bits per heavy atom. The third-order valence-electron chi connectivity index (χ3n) is 11.4. The largest absolute Gasteiger partial charge is 0.427 e. The predicted octanol–water partition coefficient (Wildman–Crippen LogP) is 19.7. The van der Waals surface area contributed by atoms with Crippen LogP contribution in [0, 0.1) is 48.5 Å². The molecule has 7 rings (SSSR count). The van der Waals surface area contributed by atoms with Crippen molar-refractivity contribution in [2.45, 2.75) is 83.6 Å². The van der Waals surface area contributed by atoms with E-state index in [0.29, 0.717) is 37.1 Å². The van der Waals surface area contributed by atoms with Gasteiger partial charge in [0.1, 0.15) is 8.82 Å². The van der Waals surface area contributed by atoms with Crippen LogP contribution in [0.4, 0.5) is 0 Å². The molecule has 3 aromatic heterocycles. The molecule has 0 fully saturated rings. The van der Waals surface area contributed by atoms with Gasteiger partial charge in [-0.15, -0.1) is 71.7 Å². The van der Waals surface area contributed by atoms with E-state index in [1.807, 2.05) is 91.5 Å². The molecule has 4 aromatic carbocycles. The molecular weight excluding hydrogens is 1450 g/mol. The van der Waals surface area contributed by atoms with Crippen molar-refractivity contribution in [1.29, 1.82) is 1.17 Å².